The number of hydrogen-bond acceptors (Lipinski definition) is 4. The van der Waals surface area contributed by atoms with Crippen LogP contribution in [0.25, 0.3) is 0 Å². The van der Waals surface area contributed by atoms with Crippen LogP contribution >= 0.6 is 0 Å². The van der Waals surface area contributed by atoms with Crippen LogP contribution in [0.5, 0.6) is 0 Å². The van der Waals surface area contributed by atoms with E-state index in [0.29, 0.717) is 24.8 Å². The van der Waals surface area contributed by atoms with Crippen LogP contribution in [-0.2, 0) is 16.6 Å². The SMILES string of the molecule is CC(C)CNCc1ccc(S(=O)(=O)NCCCC2CC2)o1. The summed E-state index contributed by atoms with van der Waals surface area (Å²) in [6.07, 6.45) is 4.62. The fourth-order valence-corrected chi connectivity index (χ4v) is 3.18. The van der Waals surface area contributed by atoms with E-state index in [1.165, 1.54) is 18.9 Å². The Morgan fingerprint density at radius 3 is 2.76 bits per heavy atom. The molecule has 0 spiro atoms. The molecule has 0 atom stereocenters. The molecule has 0 radical (unpaired) electrons. The van der Waals surface area contributed by atoms with Crippen molar-refractivity contribution < 1.29 is 12.8 Å². The van der Waals surface area contributed by atoms with Crippen molar-refractivity contribution in [2.24, 2.45) is 11.8 Å². The van der Waals surface area contributed by atoms with Gasteiger partial charge in [0, 0.05) is 6.54 Å². The molecule has 0 aliphatic heterocycles. The lowest BCUT2D eigenvalue weighted by molar-refractivity contribution is 0.394. The smallest absolute Gasteiger partial charge is 0.273 e. The van der Waals surface area contributed by atoms with Crippen molar-refractivity contribution in [3.63, 3.8) is 0 Å². The van der Waals surface area contributed by atoms with Crippen LogP contribution in [0.4, 0.5) is 0 Å². The minimum Gasteiger partial charge on any atom is -0.447 e. The molecule has 21 heavy (non-hydrogen) atoms. The number of furan rings is 1. The van der Waals surface area contributed by atoms with Crippen molar-refractivity contribution in [1.29, 1.82) is 0 Å². The van der Waals surface area contributed by atoms with E-state index < -0.39 is 10.0 Å². The van der Waals surface area contributed by atoms with Crippen LogP contribution < -0.4 is 10.0 Å². The Hall–Kier alpha value is -0.850. The molecule has 1 aromatic heterocycles. The van der Waals surface area contributed by atoms with Gasteiger partial charge in [0.1, 0.15) is 5.76 Å². The van der Waals surface area contributed by atoms with Gasteiger partial charge in [-0.15, -0.1) is 0 Å². The van der Waals surface area contributed by atoms with E-state index in [-0.39, 0.29) is 5.09 Å². The third kappa shape index (κ3) is 5.80. The summed E-state index contributed by atoms with van der Waals surface area (Å²) in [7, 11) is -3.50. The second-order valence-corrected chi connectivity index (χ2v) is 7.93. The van der Waals surface area contributed by atoms with Gasteiger partial charge >= 0.3 is 0 Å². The van der Waals surface area contributed by atoms with Gasteiger partial charge in [0.2, 0.25) is 5.09 Å². The van der Waals surface area contributed by atoms with Gasteiger partial charge in [-0.2, -0.15) is 0 Å². The van der Waals surface area contributed by atoms with E-state index in [9.17, 15) is 8.42 Å². The highest BCUT2D eigenvalue weighted by Gasteiger charge is 2.22. The molecule has 1 aliphatic carbocycles. The van der Waals surface area contributed by atoms with E-state index in [4.69, 9.17) is 4.42 Å². The number of rotatable bonds is 10. The first-order chi connectivity index (χ1) is 9.97. The number of nitrogens with one attached hydrogen (secondary N) is 2. The van der Waals surface area contributed by atoms with Crippen LogP contribution in [-0.4, -0.2) is 21.5 Å². The molecule has 1 aromatic rings. The third-order valence-electron chi connectivity index (χ3n) is 3.53. The zero-order valence-electron chi connectivity index (χ0n) is 12.9. The molecule has 0 unspecified atom stereocenters. The summed E-state index contributed by atoms with van der Waals surface area (Å²) in [6.45, 7) is 6.16. The molecule has 1 heterocycles. The predicted molar refractivity (Wildman–Crippen MR) is 82.4 cm³/mol. The lowest BCUT2D eigenvalue weighted by atomic mass is 10.2. The minimum atomic E-state index is -3.50. The molecule has 0 saturated heterocycles. The molecule has 2 rings (SSSR count). The number of sulfonamides is 1. The molecule has 6 heteroatoms. The molecular formula is C15H26N2O3S. The summed E-state index contributed by atoms with van der Waals surface area (Å²) in [5.41, 5.74) is 0. The summed E-state index contributed by atoms with van der Waals surface area (Å²) in [4.78, 5) is 0. The van der Waals surface area contributed by atoms with Crippen molar-refractivity contribution in [1.82, 2.24) is 10.0 Å². The molecule has 1 saturated carbocycles. The van der Waals surface area contributed by atoms with E-state index in [0.717, 1.165) is 25.3 Å². The summed E-state index contributed by atoms with van der Waals surface area (Å²) in [5, 5.41) is 3.24. The quantitative estimate of drug-likeness (QED) is 0.651. The van der Waals surface area contributed by atoms with Gasteiger partial charge in [0.05, 0.1) is 6.54 Å². The summed E-state index contributed by atoms with van der Waals surface area (Å²) < 4.78 is 32.1. The van der Waals surface area contributed by atoms with Crippen LogP contribution in [0.2, 0.25) is 0 Å². The summed E-state index contributed by atoms with van der Waals surface area (Å²) in [6, 6.07) is 3.24. The van der Waals surface area contributed by atoms with Gasteiger partial charge < -0.3 is 9.73 Å². The Bertz CT molecular complexity index is 533. The second kappa shape index (κ2) is 7.42. The Balaban J connectivity index is 1.77. The highest BCUT2D eigenvalue weighted by atomic mass is 32.2. The molecule has 0 aromatic carbocycles. The van der Waals surface area contributed by atoms with E-state index in [2.05, 4.69) is 23.9 Å². The van der Waals surface area contributed by atoms with Gasteiger partial charge in [-0.25, -0.2) is 13.1 Å². The van der Waals surface area contributed by atoms with E-state index >= 15 is 0 Å². The first-order valence-corrected chi connectivity index (χ1v) is 9.25. The van der Waals surface area contributed by atoms with Gasteiger partial charge in [-0.1, -0.05) is 26.7 Å². The normalized spacial score (nSPS) is 15.8. The van der Waals surface area contributed by atoms with Gasteiger partial charge in [-0.05, 0) is 43.4 Å². The molecule has 5 nitrogen and oxygen atoms in total. The summed E-state index contributed by atoms with van der Waals surface area (Å²) >= 11 is 0. The Morgan fingerprint density at radius 1 is 1.33 bits per heavy atom. The molecule has 1 aliphatic rings. The fourth-order valence-electron chi connectivity index (χ4n) is 2.16. The maximum Gasteiger partial charge on any atom is 0.273 e. The average Bonchev–Trinajstić information content (AvgIpc) is 3.11. The Labute approximate surface area is 127 Å². The van der Waals surface area contributed by atoms with Crippen LogP contribution in [0.3, 0.4) is 0 Å². The largest absolute Gasteiger partial charge is 0.447 e. The topological polar surface area (TPSA) is 71.3 Å². The summed E-state index contributed by atoms with van der Waals surface area (Å²) in [5.74, 6) is 2.03. The molecular weight excluding hydrogens is 288 g/mol. The van der Waals surface area contributed by atoms with Crippen molar-refractivity contribution in [3.8, 4) is 0 Å². The highest BCUT2D eigenvalue weighted by Crippen LogP contribution is 2.33. The van der Waals surface area contributed by atoms with Crippen molar-refractivity contribution >= 4 is 10.0 Å². The maximum atomic E-state index is 12.1. The zero-order chi connectivity index (χ0) is 15.3. The van der Waals surface area contributed by atoms with Crippen LogP contribution in [0, 0.1) is 11.8 Å². The van der Waals surface area contributed by atoms with Gasteiger partial charge in [-0.3, -0.25) is 0 Å². The van der Waals surface area contributed by atoms with E-state index in [1.54, 1.807) is 6.07 Å². The zero-order valence-corrected chi connectivity index (χ0v) is 13.7. The Morgan fingerprint density at radius 2 is 2.10 bits per heavy atom. The van der Waals surface area contributed by atoms with Gasteiger partial charge in [0.15, 0.2) is 0 Å². The predicted octanol–water partition coefficient (Wildman–Crippen LogP) is 2.49. The Kier molecular flexibility index (Phi) is 5.84. The van der Waals surface area contributed by atoms with Gasteiger partial charge in [0.25, 0.3) is 10.0 Å². The highest BCUT2D eigenvalue weighted by molar-refractivity contribution is 7.89. The molecule has 0 amide bonds. The molecule has 0 bridgehead atoms. The fraction of sp³-hybridized carbons (Fsp3) is 0.733. The first kappa shape index (κ1) is 16.5. The van der Waals surface area contributed by atoms with Crippen LogP contribution in [0.1, 0.15) is 45.3 Å². The average molecular weight is 314 g/mol. The second-order valence-electron chi connectivity index (χ2n) is 6.23. The minimum absolute atomic E-state index is 0.00951. The van der Waals surface area contributed by atoms with Crippen molar-refractivity contribution in [2.75, 3.05) is 13.1 Å². The monoisotopic (exact) mass is 314 g/mol. The van der Waals surface area contributed by atoms with Crippen LogP contribution in [0.15, 0.2) is 21.6 Å². The van der Waals surface area contributed by atoms with Crippen molar-refractivity contribution in [3.05, 3.63) is 17.9 Å². The lowest BCUT2D eigenvalue weighted by Crippen LogP contribution is -2.24. The molecule has 2 N–H and O–H groups in total. The van der Waals surface area contributed by atoms with Crippen molar-refractivity contribution in [2.45, 2.75) is 51.2 Å². The lowest BCUT2D eigenvalue weighted by Gasteiger charge is -2.05. The first-order valence-electron chi connectivity index (χ1n) is 7.76. The molecule has 1 fully saturated rings. The number of hydrogen-bond donors (Lipinski definition) is 2. The maximum absolute atomic E-state index is 12.1. The van der Waals surface area contributed by atoms with E-state index in [1.807, 2.05) is 0 Å². The molecule has 120 valence electrons. The standard InChI is InChI=1S/C15H26N2O3S/c1-12(2)10-16-11-14-7-8-15(20-14)21(18,19)17-9-3-4-13-5-6-13/h7-8,12-13,16-17H,3-6,9-11H2,1-2H3. The third-order valence-corrected chi connectivity index (χ3v) is 4.87.